The van der Waals surface area contributed by atoms with Crippen molar-refractivity contribution in [2.45, 2.75) is 19.0 Å². The fraction of sp³-hybridized carbons (Fsp3) is 0.174. The van der Waals surface area contributed by atoms with Gasteiger partial charge in [0.2, 0.25) is 15.0 Å². The molecule has 2 aromatic carbocycles. The lowest BCUT2D eigenvalue weighted by Gasteiger charge is -2.12. The van der Waals surface area contributed by atoms with Gasteiger partial charge in [0.05, 0.1) is 12.2 Å². The van der Waals surface area contributed by atoms with Crippen LogP contribution < -0.4 is 14.8 Å². The zero-order valence-corrected chi connectivity index (χ0v) is 20.6. The normalized spacial score (nSPS) is 11.4. The van der Waals surface area contributed by atoms with E-state index in [0.29, 0.717) is 22.7 Å². The second kappa shape index (κ2) is 10.9. The third kappa shape index (κ3) is 6.72. The lowest BCUT2D eigenvalue weighted by atomic mass is 10.1. The highest BCUT2D eigenvalue weighted by molar-refractivity contribution is 7.90. The third-order valence-corrected chi connectivity index (χ3v) is 5.95. The summed E-state index contributed by atoms with van der Waals surface area (Å²) in [5.74, 6) is -0.917. The summed E-state index contributed by atoms with van der Waals surface area (Å²) >= 11 is 0.677. The van der Waals surface area contributed by atoms with E-state index in [1.807, 2.05) is 13.0 Å². The number of esters is 1. The van der Waals surface area contributed by atoms with E-state index in [2.05, 4.69) is 14.7 Å². The first-order chi connectivity index (χ1) is 16.6. The van der Waals surface area contributed by atoms with Crippen LogP contribution in [0.2, 0.25) is 0 Å². The molecule has 0 unspecified atom stereocenters. The number of sulfone groups is 1. The highest BCUT2D eigenvalue weighted by Crippen LogP contribution is 2.30. The first-order valence-electron chi connectivity index (χ1n) is 10.1. The number of aromatic nitrogens is 2. The maximum Gasteiger partial charge on any atom is 0.343 e. The number of benzene rings is 2. The number of ether oxygens (including phenoxy) is 2. The van der Waals surface area contributed by atoms with Crippen LogP contribution in [0.5, 0.6) is 11.5 Å². The average Bonchev–Trinajstić information content (AvgIpc) is 3.28. The second-order valence-electron chi connectivity index (χ2n) is 7.18. The van der Waals surface area contributed by atoms with Crippen molar-refractivity contribution < 1.29 is 27.5 Å². The minimum absolute atomic E-state index is 0.0648. The van der Waals surface area contributed by atoms with Crippen LogP contribution in [0.25, 0.3) is 6.08 Å². The highest BCUT2D eigenvalue weighted by Gasteiger charge is 2.18. The van der Waals surface area contributed by atoms with Crippen molar-refractivity contribution in [3.05, 3.63) is 64.7 Å². The Balaban J connectivity index is 1.82. The summed E-state index contributed by atoms with van der Waals surface area (Å²) in [5.41, 5.74) is 1.46. The van der Waals surface area contributed by atoms with Gasteiger partial charge in [-0.3, -0.25) is 10.1 Å². The molecule has 0 aliphatic rings. The minimum Gasteiger partial charge on any atom is -0.490 e. The highest BCUT2D eigenvalue weighted by atomic mass is 32.2. The molecule has 10 nitrogen and oxygen atoms in total. The molecule has 3 rings (SSSR count). The van der Waals surface area contributed by atoms with Gasteiger partial charge in [0.25, 0.3) is 11.1 Å². The number of amides is 1. The number of hydrogen-bond acceptors (Lipinski definition) is 10. The topological polar surface area (TPSA) is 148 Å². The van der Waals surface area contributed by atoms with E-state index in [1.165, 1.54) is 18.2 Å². The Kier molecular flexibility index (Phi) is 7.95. The fourth-order valence-corrected chi connectivity index (χ4v) is 4.23. The van der Waals surface area contributed by atoms with Crippen LogP contribution in [-0.2, 0) is 14.6 Å². The first kappa shape index (κ1) is 25.5. The number of anilines is 1. The minimum atomic E-state index is -3.63. The van der Waals surface area contributed by atoms with Gasteiger partial charge in [-0.2, -0.15) is 14.6 Å². The van der Waals surface area contributed by atoms with Crippen molar-refractivity contribution in [3.8, 4) is 17.6 Å². The van der Waals surface area contributed by atoms with Crippen LogP contribution in [0, 0.1) is 18.3 Å². The molecule has 180 valence electrons. The maximum atomic E-state index is 12.5. The summed E-state index contributed by atoms with van der Waals surface area (Å²) in [7, 11) is -3.63. The Labute approximate surface area is 205 Å². The molecule has 0 aliphatic heterocycles. The van der Waals surface area contributed by atoms with Gasteiger partial charge in [-0.05, 0) is 49.8 Å². The Hall–Kier alpha value is -4.08. The van der Waals surface area contributed by atoms with Crippen molar-refractivity contribution in [1.82, 2.24) is 9.36 Å². The van der Waals surface area contributed by atoms with Crippen LogP contribution >= 0.6 is 11.5 Å². The molecular formula is C23H20N4O6S2. The molecule has 0 saturated heterocycles. The van der Waals surface area contributed by atoms with Crippen molar-refractivity contribution in [2.75, 3.05) is 18.2 Å². The Bertz CT molecular complexity index is 1450. The Morgan fingerprint density at radius 1 is 1.20 bits per heavy atom. The predicted octanol–water partition coefficient (Wildman–Crippen LogP) is 3.41. The number of nitrogens with one attached hydrogen (secondary N) is 1. The van der Waals surface area contributed by atoms with Crippen LogP contribution in [0.4, 0.5) is 5.13 Å². The predicted molar refractivity (Wildman–Crippen MR) is 129 cm³/mol. The summed E-state index contributed by atoms with van der Waals surface area (Å²) in [6.07, 6.45) is 2.25. The molecule has 3 aromatic rings. The number of rotatable bonds is 8. The molecule has 0 radical (unpaired) electrons. The van der Waals surface area contributed by atoms with E-state index in [-0.39, 0.29) is 28.8 Å². The third-order valence-electron chi connectivity index (χ3n) is 4.36. The number of nitriles is 1. The number of carbonyl (C=O) groups excluding carboxylic acids is 2. The molecule has 0 bridgehead atoms. The molecule has 1 amide bonds. The molecule has 1 aromatic heterocycles. The van der Waals surface area contributed by atoms with Gasteiger partial charge in [0, 0.05) is 17.8 Å². The van der Waals surface area contributed by atoms with Crippen molar-refractivity contribution >= 4 is 44.5 Å². The van der Waals surface area contributed by atoms with Crippen molar-refractivity contribution in [1.29, 1.82) is 5.26 Å². The second-order valence-corrected chi connectivity index (χ2v) is 9.84. The molecule has 0 atom stereocenters. The summed E-state index contributed by atoms with van der Waals surface area (Å²) < 4.78 is 37.7. The van der Waals surface area contributed by atoms with E-state index < -0.39 is 26.9 Å². The molecule has 0 fully saturated rings. The van der Waals surface area contributed by atoms with E-state index in [0.717, 1.165) is 11.8 Å². The zero-order valence-electron chi connectivity index (χ0n) is 18.9. The number of hydrogen-bond donors (Lipinski definition) is 1. The monoisotopic (exact) mass is 512 g/mol. The van der Waals surface area contributed by atoms with E-state index in [9.17, 15) is 23.3 Å². The van der Waals surface area contributed by atoms with E-state index >= 15 is 0 Å². The largest absolute Gasteiger partial charge is 0.490 e. The van der Waals surface area contributed by atoms with Gasteiger partial charge in [-0.25, -0.2) is 13.2 Å². The van der Waals surface area contributed by atoms with Crippen LogP contribution in [-0.4, -0.2) is 42.5 Å². The van der Waals surface area contributed by atoms with Gasteiger partial charge < -0.3 is 9.47 Å². The zero-order chi connectivity index (χ0) is 25.6. The van der Waals surface area contributed by atoms with E-state index in [1.54, 1.807) is 37.3 Å². The quantitative estimate of drug-likeness (QED) is 0.207. The van der Waals surface area contributed by atoms with Crippen LogP contribution in [0.15, 0.2) is 53.2 Å². The molecule has 0 aliphatic carbocycles. The molecular weight excluding hydrogens is 492 g/mol. The number of nitrogens with zero attached hydrogens (tertiary/aromatic N) is 3. The Morgan fingerprint density at radius 3 is 2.60 bits per heavy atom. The number of carbonyl (C=O) groups is 2. The molecule has 0 spiro atoms. The lowest BCUT2D eigenvalue weighted by molar-refractivity contribution is -0.112. The summed E-state index contributed by atoms with van der Waals surface area (Å²) in [4.78, 5) is 28.8. The fourth-order valence-electron chi connectivity index (χ4n) is 2.79. The van der Waals surface area contributed by atoms with Crippen molar-refractivity contribution in [3.63, 3.8) is 0 Å². The Morgan fingerprint density at radius 2 is 1.97 bits per heavy atom. The SMILES string of the molecule is CCOc1cc(/C=C(/C#N)C(=O)Nc2nc(S(C)(=O)=O)ns2)ccc1OC(=O)c1cccc(C)c1. The molecule has 1 heterocycles. The summed E-state index contributed by atoms with van der Waals surface area (Å²) in [6.45, 7) is 3.91. The van der Waals surface area contributed by atoms with E-state index in [4.69, 9.17) is 9.47 Å². The molecule has 1 N–H and O–H groups in total. The molecule has 0 saturated carbocycles. The maximum absolute atomic E-state index is 12.5. The lowest BCUT2D eigenvalue weighted by Crippen LogP contribution is -2.13. The van der Waals surface area contributed by atoms with Gasteiger partial charge in [-0.1, -0.05) is 23.8 Å². The van der Waals surface area contributed by atoms with Gasteiger partial charge in [0.15, 0.2) is 11.5 Å². The standard InChI is InChI=1S/C23H20N4O6S2/c1-4-32-19-12-15(8-9-18(19)33-21(29)16-7-5-6-14(2)10-16)11-17(13-24)20(28)25-22-26-23(27-34-22)35(3,30)31/h5-12H,4H2,1-3H3,(H,25,26,27,28)/b17-11-. The summed E-state index contributed by atoms with van der Waals surface area (Å²) in [5, 5.41) is 11.3. The van der Waals surface area contributed by atoms with Gasteiger partial charge >= 0.3 is 5.97 Å². The summed E-state index contributed by atoms with van der Waals surface area (Å²) in [6, 6.07) is 13.3. The molecule has 35 heavy (non-hydrogen) atoms. The first-order valence-corrected chi connectivity index (χ1v) is 12.8. The van der Waals surface area contributed by atoms with Crippen LogP contribution in [0.1, 0.15) is 28.4 Å². The average molecular weight is 513 g/mol. The number of aryl methyl sites for hydroxylation is 1. The van der Waals surface area contributed by atoms with Crippen molar-refractivity contribution in [2.24, 2.45) is 0 Å². The van der Waals surface area contributed by atoms with Crippen LogP contribution in [0.3, 0.4) is 0 Å². The van der Waals surface area contributed by atoms with Gasteiger partial charge in [0.1, 0.15) is 11.6 Å². The van der Waals surface area contributed by atoms with Gasteiger partial charge in [-0.15, -0.1) is 0 Å². The smallest absolute Gasteiger partial charge is 0.343 e. The molecule has 12 heteroatoms.